The highest BCUT2D eigenvalue weighted by Crippen LogP contribution is 2.12. The molecule has 1 unspecified atom stereocenters. The molecule has 3 heteroatoms. The Morgan fingerprint density at radius 1 is 1.00 bits per heavy atom. The van der Waals surface area contributed by atoms with Gasteiger partial charge < -0.3 is 10.8 Å². The largest absolute Gasteiger partial charge is 0.394 e. The first-order valence-electron chi connectivity index (χ1n) is 6.29. The van der Waals surface area contributed by atoms with Crippen LogP contribution in [0.15, 0.2) is 0 Å². The minimum Gasteiger partial charge on any atom is -0.394 e. The summed E-state index contributed by atoms with van der Waals surface area (Å²) >= 11 is 1.68. The summed E-state index contributed by atoms with van der Waals surface area (Å²) in [5.74, 6) is 1.09. The van der Waals surface area contributed by atoms with E-state index in [-0.39, 0.29) is 12.0 Å². The van der Waals surface area contributed by atoms with Crippen LogP contribution in [0.3, 0.4) is 0 Å². The molecule has 0 rings (SSSR count). The van der Waals surface area contributed by atoms with Crippen molar-refractivity contribution in [2.75, 3.05) is 12.4 Å². The first-order valence-corrected chi connectivity index (χ1v) is 7.34. The molecule has 0 saturated carbocycles. The lowest BCUT2D eigenvalue weighted by Gasteiger charge is -2.06. The molecule has 0 radical (unpaired) electrons. The van der Waals surface area contributed by atoms with E-state index >= 15 is 0 Å². The van der Waals surface area contributed by atoms with E-state index < -0.39 is 0 Å². The van der Waals surface area contributed by atoms with E-state index in [1.165, 1.54) is 51.4 Å². The fraction of sp³-hybridized carbons (Fsp3) is 1.00. The molecule has 1 atom stereocenters. The fourth-order valence-electron chi connectivity index (χ4n) is 1.52. The maximum absolute atomic E-state index is 8.71. The highest BCUT2D eigenvalue weighted by Gasteiger charge is 1.99. The number of unbranched alkanes of at least 4 members (excludes halogenated alkanes) is 7. The average Bonchev–Trinajstić information content (AvgIpc) is 2.26. The van der Waals surface area contributed by atoms with Gasteiger partial charge in [-0.1, -0.05) is 51.9 Å². The Labute approximate surface area is 99.0 Å². The molecule has 0 heterocycles. The summed E-state index contributed by atoms with van der Waals surface area (Å²) in [6, 6.07) is 0. The van der Waals surface area contributed by atoms with Gasteiger partial charge in [-0.2, -0.15) is 0 Å². The maximum atomic E-state index is 8.71. The van der Waals surface area contributed by atoms with E-state index in [1.807, 2.05) is 0 Å². The summed E-state index contributed by atoms with van der Waals surface area (Å²) in [6.07, 6.45) is 10.8. The molecule has 3 N–H and O–H groups in total. The number of nitrogens with two attached hydrogens (primary N) is 1. The predicted octanol–water partition coefficient (Wildman–Crippen LogP) is 3.14. The SMILES string of the molecule is CCCCCCCCCCSC(N)CO. The van der Waals surface area contributed by atoms with Crippen molar-refractivity contribution < 1.29 is 5.11 Å². The average molecular weight is 233 g/mol. The lowest BCUT2D eigenvalue weighted by atomic mass is 10.1. The number of aliphatic hydroxyl groups is 1. The predicted molar refractivity (Wildman–Crippen MR) is 70.1 cm³/mol. The summed E-state index contributed by atoms with van der Waals surface area (Å²) in [5, 5.41) is 8.64. The van der Waals surface area contributed by atoms with Crippen molar-refractivity contribution in [1.29, 1.82) is 0 Å². The molecular weight excluding hydrogens is 206 g/mol. The van der Waals surface area contributed by atoms with Crippen LogP contribution in [0.1, 0.15) is 58.3 Å². The maximum Gasteiger partial charge on any atom is 0.0741 e. The first-order chi connectivity index (χ1) is 7.31. The van der Waals surface area contributed by atoms with Gasteiger partial charge in [0.25, 0.3) is 0 Å². The summed E-state index contributed by atoms with van der Waals surface area (Å²) in [4.78, 5) is 0. The third-order valence-corrected chi connectivity index (χ3v) is 3.61. The van der Waals surface area contributed by atoms with E-state index in [4.69, 9.17) is 10.8 Å². The van der Waals surface area contributed by atoms with Crippen molar-refractivity contribution in [2.45, 2.75) is 63.7 Å². The zero-order valence-corrected chi connectivity index (χ0v) is 10.9. The van der Waals surface area contributed by atoms with Gasteiger partial charge >= 0.3 is 0 Å². The molecule has 0 bridgehead atoms. The Morgan fingerprint density at radius 3 is 2.07 bits per heavy atom. The third kappa shape index (κ3) is 12.2. The number of rotatable bonds is 11. The van der Waals surface area contributed by atoms with Crippen LogP contribution in [0.4, 0.5) is 0 Å². The molecule has 0 aliphatic rings. The van der Waals surface area contributed by atoms with Crippen LogP contribution in [0, 0.1) is 0 Å². The summed E-state index contributed by atoms with van der Waals surface area (Å²) in [6.45, 7) is 2.35. The topological polar surface area (TPSA) is 46.2 Å². The van der Waals surface area contributed by atoms with E-state index in [0.717, 1.165) is 5.75 Å². The van der Waals surface area contributed by atoms with E-state index in [2.05, 4.69) is 6.92 Å². The molecule has 0 aromatic carbocycles. The highest BCUT2D eigenvalue weighted by molar-refractivity contribution is 7.99. The van der Waals surface area contributed by atoms with Gasteiger partial charge in [-0.15, -0.1) is 11.8 Å². The van der Waals surface area contributed by atoms with Crippen molar-refractivity contribution in [2.24, 2.45) is 5.73 Å². The van der Waals surface area contributed by atoms with E-state index in [9.17, 15) is 0 Å². The van der Waals surface area contributed by atoms with E-state index in [0.29, 0.717) is 0 Å². The summed E-state index contributed by atoms with van der Waals surface area (Å²) in [7, 11) is 0. The molecule has 92 valence electrons. The minimum atomic E-state index is -0.0745. The van der Waals surface area contributed by atoms with Crippen LogP contribution < -0.4 is 5.73 Å². The lowest BCUT2D eigenvalue weighted by Crippen LogP contribution is -2.20. The van der Waals surface area contributed by atoms with Gasteiger partial charge in [-0.25, -0.2) is 0 Å². The smallest absolute Gasteiger partial charge is 0.0741 e. The number of thioether (sulfide) groups is 1. The molecule has 0 aliphatic carbocycles. The Kier molecular flexibility index (Phi) is 12.6. The van der Waals surface area contributed by atoms with Crippen LogP contribution in [-0.2, 0) is 0 Å². The lowest BCUT2D eigenvalue weighted by molar-refractivity contribution is 0.296. The Hall–Kier alpha value is 0.270. The molecule has 0 aromatic rings. The second-order valence-corrected chi connectivity index (χ2v) is 5.41. The van der Waals surface area contributed by atoms with Crippen molar-refractivity contribution in [3.8, 4) is 0 Å². The number of hydrogen-bond acceptors (Lipinski definition) is 3. The molecule has 0 aliphatic heterocycles. The van der Waals surface area contributed by atoms with Crippen LogP contribution in [0.25, 0.3) is 0 Å². The van der Waals surface area contributed by atoms with Crippen molar-refractivity contribution >= 4 is 11.8 Å². The minimum absolute atomic E-state index is 0.0745. The highest BCUT2D eigenvalue weighted by atomic mass is 32.2. The van der Waals surface area contributed by atoms with Gasteiger partial charge in [0, 0.05) is 0 Å². The van der Waals surface area contributed by atoms with Crippen molar-refractivity contribution in [1.82, 2.24) is 0 Å². The van der Waals surface area contributed by atoms with Crippen LogP contribution in [0.2, 0.25) is 0 Å². The monoisotopic (exact) mass is 233 g/mol. The molecular formula is C12H27NOS. The summed E-state index contributed by atoms with van der Waals surface area (Å²) in [5.41, 5.74) is 5.58. The van der Waals surface area contributed by atoms with Crippen LogP contribution in [-0.4, -0.2) is 22.8 Å². The molecule has 0 fully saturated rings. The molecule has 0 spiro atoms. The van der Waals surface area contributed by atoms with Crippen LogP contribution >= 0.6 is 11.8 Å². The quantitative estimate of drug-likeness (QED) is 0.426. The van der Waals surface area contributed by atoms with Gasteiger partial charge in [0.15, 0.2) is 0 Å². The van der Waals surface area contributed by atoms with Gasteiger partial charge in [0.2, 0.25) is 0 Å². The van der Waals surface area contributed by atoms with Gasteiger partial charge in [0.05, 0.1) is 12.0 Å². The molecule has 0 saturated heterocycles. The molecule has 0 amide bonds. The Balaban J connectivity index is 2.92. The zero-order valence-electron chi connectivity index (χ0n) is 10.1. The Morgan fingerprint density at radius 2 is 1.53 bits per heavy atom. The second kappa shape index (κ2) is 12.3. The Bertz CT molecular complexity index is 122. The first kappa shape index (κ1) is 15.3. The van der Waals surface area contributed by atoms with Crippen molar-refractivity contribution in [3.63, 3.8) is 0 Å². The number of aliphatic hydroxyl groups excluding tert-OH is 1. The van der Waals surface area contributed by atoms with E-state index in [1.54, 1.807) is 11.8 Å². The normalized spacial score (nSPS) is 13.0. The van der Waals surface area contributed by atoms with Gasteiger partial charge in [-0.3, -0.25) is 0 Å². The summed E-state index contributed by atoms with van der Waals surface area (Å²) < 4.78 is 0. The molecule has 15 heavy (non-hydrogen) atoms. The molecule has 0 aromatic heterocycles. The van der Waals surface area contributed by atoms with Crippen LogP contribution in [0.5, 0.6) is 0 Å². The zero-order chi connectivity index (χ0) is 11.4. The third-order valence-electron chi connectivity index (χ3n) is 2.51. The van der Waals surface area contributed by atoms with Crippen molar-refractivity contribution in [3.05, 3.63) is 0 Å². The number of hydrogen-bond donors (Lipinski definition) is 2. The molecule has 2 nitrogen and oxygen atoms in total. The van der Waals surface area contributed by atoms with Gasteiger partial charge in [-0.05, 0) is 12.2 Å². The van der Waals surface area contributed by atoms with Gasteiger partial charge in [0.1, 0.15) is 0 Å². The fourth-order valence-corrected chi connectivity index (χ4v) is 2.30. The standard InChI is InChI=1S/C12H27NOS/c1-2-3-4-5-6-7-8-9-10-15-12(13)11-14/h12,14H,2-11,13H2,1H3. The second-order valence-electron chi connectivity index (χ2n) is 4.07.